The minimum atomic E-state index is -0.206. The molecule has 0 atom stereocenters. The van der Waals surface area contributed by atoms with Crippen LogP contribution >= 0.6 is 0 Å². The number of methoxy groups -OCH3 is 2. The quantitative estimate of drug-likeness (QED) is 0.715. The van der Waals surface area contributed by atoms with E-state index in [1.807, 2.05) is 25.1 Å². The Labute approximate surface area is 145 Å². The lowest BCUT2D eigenvalue weighted by Crippen LogP contribution is -2.11. The summed E-state index contributed by atoms with van der Waals surface area (Å²) in [6, 6.07) is 10.9. The predicted molar refractivity (Wildman–Crippen MR) is 97.0 cm³/mol. The molecule has 0 unspecified atom stereocenters. The molecule has 3 rings (SSSR count). The van der Waals surface area contributed by atoms with E-state index in [1.54, 1.807) is 38.6 Å². The van der Waals surface area contributed by atoms with Crippen molar-refractivity contribution < 1.29 is 19.0 Å². The predicted octanol–water partition coefficient (Wildman–Crippen LogP) is 3.84. The van der Waals surface area contributed by atoms with E-state index in [4.69, 9.17) is 14.2 Å². The first kappa shape index (κ1) is 16.7. The average Bonchev–Trinajstić information content (AvgIpc) is 3.05. The van der Waals surface area contributed by atoms with Gasteiger partial charge in [-0.1, -0.05) is 0 Å². The molecule has 130 valence electrons. The molecule has 0 spiro atoms. The molecule has 0 saturated heterocycles. The fraction of sp³-hybridized carbons (Fsp3) is 0.211. The Bertz CT molecular complexity index is 884. The van der Waals surface area contributed by atoms with Crippen molar-refractivity contribution in [3.8, 4) is 17.2 Å². The summed E-state index contributed by atoms with van der Waals surface area (Å²) in [4.78, 5) is 15.7. The van der Waals surface area contributed by atoms with Crippen molar-refractivity contribution in [2.24, 2.45) is 0 Å². The highest BCUT2D eigenvalue weighted by Crippen LogP contribution is 2.33. The molecule has 0 aliphatic rings. The zero-order chi connectivity index (χ0) is 17.8. The summed E-state index contributed by atoms with van der Waals surface area (Å²) in [5.74, 6) is 1.74. The van der Waals surface area contributed by atoms with Crippen molar-refractivity contribution in [3.05, 3.63) is 48.2 Å². The van der Waals surface area contributed by atoms with Gasteiger partial charge in [0.1, 0.15) is 5.75 Å². The fourth-order valence-corrected chi connectivity index (χ4v) is 2.64. The lowest BCUT2D eigenvalue weighted by Gasteiger charge is -2.09. The summed E-state index contributed by atoms with van der Waals surface area (Å²) in [6.07, 6.45) is 1.67. The van der Waals surface area contributed by atoms with E-state index >= 15 is 0 Å². The smallest absolute Gasteiger partial charge is 0.257 e. The lowest BCUT2D eigenvalue weighted by atomic mass is 10.1. The monoisotopic (exact) mass is 340 g/mol. The molecule has 1 amide bonds. The van der Waals surface area contributed by atoms with Gasteiger partial charge in [0, 0.05) is 23.3 Å². The van der Waals surface area contributed by atoms with Crippen molar-refractivity contribution >= 4 is 22.5 Å². The number of hydrogen-bond donors (Lipinski definition) is 2. The van der Waals surface area contributed by atoms with Gasteiger partial charge in [-0.25, -0.2) is 0 Å². The number of aromatic nitrogens is 1. The molecule has 1 aromatic heterocycles. The number of fused-ring (bicyclic) bond motifs is 1. The standard InChI is InChI=1S/C19H20N2O4/c1-4-25-13-7-5-12(6-8-13)21-19(22)15-11-20-16-10-18(24-3)17(23-2)9-14(15)16/h5-11,20H,4H2,1-3H3,(H,21,22). The van der Waals surface area contributed by atoms with Crippen LogP contribution in [0.15, 0.2) is 42.6 Å². The second-order valence-electron chi connectivity index (χ2n) is 5.37. The summed E-state index contributed by atoms with van der Waals surface area (Å²) in [5.41, 5.74) is 2.03. The van der Waals surface area contributed by atoms with Crippen molar-refractivity contribution in [2.45, 2.75) is 6.92 Å². The maximum absolute atomic E-state index is 12.6. The molecule has 0 fully saturated rings. The van der Waals surface area contributed by atoms with E-state index in [0.29, 0.717) is 29.4 Å². The van der Waals surface area contributed by atoms with E-state index in [2.05, 4.69) is 10.3 Å². The molecule has 0 radical (unpaired) electrons. The van der Waals surface area contributed by atoms with E-state index in [0.717, 1.165) is 16.7 Å². The molecule has 3 aromatic rings. The van der Waals surface area contributed by atoms with Gasteiger partial charge in [0.25, 0.3) is 5.91 Å². The minimum absolute atomic E-state index is 0.206. The van der Waals surface area contributed by atoms with Gasteiger partial charge in [-0.2, -0.15) is 0 Å². The van der Waals surface area contributed by atoms with Gasteiger partial charge in [-0.3, -0.25) is 4.79 Å². The molecule has 25 heavy (non-hydrogen) atoms. The van der Waals surface area contributed by atoms with Gasteiger partial charge >= 0.3 is 0 Å². The first-order chi connectivity index (χ1) is 12.2. The summed E-state index contributed by atoms with van der Waals surface area (Å²) in [7, 11) is 3.14. The van der Waals surface area contributed by atoms with Crippen LogP contribution < -0.4 is 19.5 Å². The number of ether oxygens (including phenoxy) is 3. The SMILES string of the molecule is CCOc1ccc(NC(=O)c2c[nH]c3cc(OC)c(OC)cc23)cc1. The second kappa shape index (κ2) is 7.17. The Morgan fingerprint density at radius 1 is 1.08 bits per heavy atom. The molecule has 6 nitrogen and oxygen atoms in total. The zero-order valence-corrected chi connectivity index (χ0v) is 14.4. The highest BCUT2D eigenvalue weighted by molar-refractivity contribution is 6.13. The maximum atomic E-state index is 12.6. The fourth-order valence-electron chi connectivity index (χ4n) is 2.64. The van der Waals surface area contributed by atoms with Crippen LogP contribution in [0, 0.1) is 0 Å². The van der Waals surface area contributed by atoms with Crippen LogP contribution in [-0.2, 0) is 0 Å². The van der Waals surface area contributed by atoms with Crippen LogP contribution in [0.5, 0.6) is 17.2 Å². The number of rotatable bonds is 6. The van der Waals surface area contributed by atoms with E-state index < -0.39 is 0 Å². The zero-order valence-electron chi connectivity index (χ0n) is 14.4. The molecule has 0 aliphatic heterocycles. The maximum Gasteiger partial charge on any atom is 0.257 e. The van der Waals surface area contributed by atoms with E-state index in [9.17, 15) is 4.79 Å². The molecule has 2 N–H and O–H groups in total. The molecule has 0 bridgehead atoms. The van der Waals surface area contributed by atoms with Crippen LogP contribution in [0.2, 0.25) is 0 Å². The number of anilines is 1. The van der Waals surface area contributed by atoms with Crippen LogP contribution in [0.25, 0.3) is 10.9 Å². The summed E-state index contributed by atoms with van der Waals surface area (Å²) in [5, 5.41) is 3.65. The van der Waals surface area contributed by atoms with E-state index in [-0.39, 0.29) is 5.91 Å². The van der Waals surface area contributed by atoms with Crippen molar-refractivity contribution in [1.82, 2.24) is 4.98 Å². The van der Waals surface area contributed by atoms with Gasteiger partial charge < -0.3 is 24.5 Å². The van der Waals surface area contributed by atoms with Gasteiger partial charge in [0.15, 0.2) is 11.5 Å². The first-order valence-electron chi connectivity index (χ1n) is 7.93. The largest absolute Gasteiger partial charge is 0.494 e. The van der Waals surface area contributed by atoms with Crippen LogP contribution in [0.3, 0.4) is 0 Å². The number of carbonyl (C=O) groups is 1. The number of nitrogens with one attached hydrogen (secondary N) is 2. The Morgan fingerprint density at radius 2 is 1.76 bits per heavy atom. The number of H-pyrrole nitrogens is 1. The van der Waals surface area contributed by atoms with Gasteiger partial charge in [-0.15, -0.1) is 0 Å². The second-order valence-corrected chi connectivity index (χ2v) is 5.37. The first-order valence-corrected chi connectivity index (χ1v) is 7.93. The Balaban J connectivity index is 1.86. The number of hydrogen-bond acceptors (Lipinski definition) is 4. The third-order valence-electron chi connectivity index (χ3n) is 3.85. The minimum Gasteiger partial charge on any atom is -0.494 e. The molecule has 0 aliphatic carbocycles. The molecule has 0 saturated carbocycles. The van der Waals surface area contributed by atoms with Gasteiger partial charge in [0.2, 0.25) is 0 Å². The summed E-state index contributed by atoms with van der Waals surface area (Å²) >= 11 is 0. The highest BCUT2D eigenvalue weighted by Gasteiger charge is 2.15. The Hall–Kier alpha value is -3.15. The number of aromatic amines is 1. The number of benzene rings is 2. The topological polar surface area (TPSA) is 72.6 Å². The average molecular weight is 340 g/mol. The molecule has 6 heteroatoms. The van der Waals surface area contributed by atoms with Crippen LogP contribution in [0.4, 0.5) is 5.69 Å². The highest BCUT2D eigenvalue weighted by atomic mass is 16.5. The molecule has 2 aromatic carbocycles. The molecular weight excluding hydrogens is 320 g/mol. The number of carbonyl (C=O) groups excluding carboxylic acids is 1. The lowest BCUT2D eigenvalue weighted by molar-refractivity contribution is 0.102. The third-order valence-corrected chi connectivity index (χ3v) is 3.85. The van der Waals surface area contributed by atoms with E-state index in [1.165, 1.54) is 0 Å². The Kier molecular flexibility index (Phi) is 4.79. The molecular formula is C19H20N2O4. The van der Waals surface area contributed by atoms with Crippen LogP contribution in [0.1, 0.15) is 17.3 Å². The molecule has 1 heterocycles. The van der Waals surface area contributed by atoms with Crippen LogP contribution in [-0.4, -0.2) is 31.7 Å². The normalized spacial score (nSPS) is 10.5. The van der Waals surface area contributed by atoms with Crippen molar-refractivity contribution in [3.63, 3.8) is 0 Å². The van der Waals surface area contributed by atoms with Gasteiger partial charge in [-0.05, 0) is 37.3 Å². The third kappa shape index (κ3) is 3.38. The van der Waals surface area contributed by atoms with Crippen molar-refractivity contribution in [1.29, 1.82) is 0 Å². The van der Waals surface area contributed by atoms with Gasteiger partial charge in [0.05, 0.1) is 31.9 Å². The number of amides is 1. The summed E-state index contributed by atoms with van der Waals surface area (Å²) in [6.45, 7) is 2.53. The Morgan fingerprint density at radius 3 is 2.40 bits per heavy atom. The van der Waals surface area contributed by atoms with Crippen molar-refractivity contribution in [2.75, 3.05) is 26.1 Å². The summed E-state index contributed by atoms with van der Waals surface area (Å²) < 4.78 is 16.0.